The van der Waals surface area contributed by atoms with E-state index in [9.17, 15) is 14.7 Å². The van der Waals surface area contributed by atoms with E-state index in [1.807, 2.05) is 13.8 Å². The lowest BCUT2D eigenvalue weighted by Crippen LogP contribution is -2.40. The second-order valence-electron chi connectivity index (χ2n) is 5.78. The van der Waals surface area contributed by atoms with E-state index < -0.39 is 5.60 Å². The zero-order valence-corrected chi connectivity index (χ0v) is 12.0. The van der Waals surface area contributed by atoms with Gasteiger partial charge < -0.3 is 15.7 Å². The fourth-order valence-corrected chi connectivity index (χ4v) is 2.37. The number of carbonyl (C=O) groups is 2. The Kier molecular flexibility index (Phi) is 6.28. The molecule has 0 aromatic carbocycles. The van der Waals surface area contributed by atoms with Crippen molar-refractivity contribution in [2.45, 2.75) is 70.4 Å². The Morgan fingerprint density at radius 1 is 1.16 bits per heavy atom. The maximum atomic E-state index is 11.6. The molecule has 110 valence electrons. The average molecular weight is 270 g/mol. The summed E-state index contributed by atoms with van der Waals surface area (Å²) in [4.78, 5) is 23.0. The molecule has 0 saturated heterocycles. The van der Waals surface area contributed by atoms with Gasteiger partial charge in [-0.3, -0.25) is 9.59 Å². The highest BCUT2D eigenvalue weighted by Gasteiger charge is 2.31. The predicted octanol–water partition coefficient (Wildman–Crippen LogP) is 1.10. The molecule has 1 aliphatic rings. The van der Waals surface area contributed by atoms with Gasteiger partial charge in [0.25, 0.3) is 0 Å². The Hall–Kier alpha value is -1.10. The first-order chi connectivity index (χ1) is 8.91. The molecule has 0 aromatic heterocycles. The predicted molar refractivity (Wildman–Crippen MR) is 73.6 cm³/mol. The molecule has 1 rings (SSSR count). The zero-order chi connectivity index (χ0) is 14.3. The highest BCUT2D eigenvalue weighted by Crippen LogP contribution is 2.28. The third kappa shape index (κ3) is 6.57. The quantitative estimate of drug-likeness (QED) is 0.648. The van der Waals surface area contributed by atoms with E-state index in [1.54, 1.807) is 0 Å². The van der Waals surface area contributed by atoms with Crippen molar-refractivity contribution in [2.24, 2.45) is 0 Å². The molecule has 5 heteroatoms. The van der Waals surface area contributed by atoms with Crippen molar-refractivity contribution in [3.63, 3.8) is 0 Å². The van der Waals surface area contributed by atoms with E-state index in [2.05, 4.69) is 10.6 Å². The fourth-order valence-electron chi connectivity index (χ4n) is 2.37. The van der Waals surface area contributed by atoms with Crippen LogP contribution >= 0.6 is 0 Å². The summed E-state index contributed by atoms with van der Waals surface area (Å²) >= 11 is 0. The molecule has 1 fully saturated rings. The van der Waals surface area contributed by atoms with Crippen molar-refractivity contribution >= 4 is 11.8 Å². The second-order valence-corrected chi connectivity index (χ2v) is 5.78. The van der Waals surface area contributed by atoms with Gasteiger partial charge in [-0.2, -0.15) is 0 Å². The summed E-state index contributed by atoms with van der Waals surface area (Å²) in [5.41, 5.74) is -0.704. The molecule has 1 saturated carbocycles. The first-order valence-corrected chi connectivity index (χ1v) is 7.20. The van der Waals surface area contributed by atoms with Gasteiger partial charge in [0.05, 0.1) is 5.60 Å². The molecule has 19 heavy (non-hydrogen) atoms. The van der Waals surface area contributed by atoms with Crippen molar-refractivity contribution in [1.29, 1.82) is 0 Å². The van der Waals surface area contributed by atoms with E-state index in [1.165, 1.54) is 0 Å². The molecule has 3 N–H and O–H groups in total. The number of rotatable bonds is 7. The van der Waals surface area contributed by atoms with Gasteiger partial charge in [0.15, 0.2) is 0 Å². The van der Waals surface area contributed by atoms with Gasteiger partial charge in [0, 0.05) is 25.4 Å². The van der Waals surface area contributed by atoms with Crippen molar-refractivity contribution in [3.8, 4) is 0 Å². The van der Waals surface area contributed by atoms with Crippen LogP contribution in [0.5, 0.6) is 0 Å². The maximum absolute atomic E-state index is 11.6. The lowest BCUT2D eigenvalue weighted by Gasteiger charge is -2.22. The van der Waals surface area contributed by atoms with Crippen molar-refractivity contribution in [1.82, 2.24) is 10.6 Å². The number of hydrogen-bond acceptors (Lipinski definition) is 3. The summed E-state index contributed by atoms with van der Waals surface area (Å²) in [6.45, 7) is 4.16. The van der Waals surface area contributed by atoms with Crippen LogP contribution in [0.15, 0.2) is 0 Å². The number of hydrogen-bond donors (Lipinski definition) is 3. The van der Waals surface area contributed by atoms with Gasteiger partial charge in [0.1, 0.15) is 0 Å². The lowest BCUT2D eigenvalue weighted by atomic mass is 10.0. The molecule has 0 unspecified atom stereocenters. The summed E-state index contributed by atoms with van der Waals surface area (Å²) in [6, 6.07) is 0.137. The summed E-state index contributed by atoms with van der Waals surface area (Å²) < 4.78 is 0. The van der Waals surface area contributed by atoms with Crippen LogP contribution in [-0.4, -0.2) is 35.1 Å². The molecule has 0 atom stereocenters. The fraction of sp³-hybridized carbons (Fsp3) is 0.857. The SMILES string of the molecule is CC(C)NC(=O)CCCC(=O)NCC1(O)CCCC1. The maximum Gasteiger partial charge on any atom is 0.220 e. The van der Waals surface area contributed by atoms with Gasteiger partial charge in [0.2, 0.25) is 11.8 Å². The molecule has 2 amide bonds. The van der Waals surface area contributed by atoms with Gasteiger partial charge in [-0.15, -0.1) is 0 Å². The minimum atomic E-state index is -0.704. The van der Waals surface area contributed by atoms with E-state index in [4.69, 9.17) is 0 Å². The second kappa shape index (κ2) is 7.48. The normalized spacial score (nSPS) is 17.5. The Bertz CT molecular complexity index is 310. The van der Waals surface area contributed by atoms with Crippen LogP contribution in [0, 0.1) is 0 Å². The van der Waals surface area contributed by atoms with Crippen LogP contribution in [0.1, 0.15) is 58.8 Å². The van der Waals surface area contributed by atoms with Crippen molar-refractivity contribution < 1.29 is 14.7 Å². The first kappa shape index (κ1) is 16.0. The Labute approximate surface area is 115 Å². The average Bonchev–Trinajstić information content (AvgIpc) is 2.73. The standard InChI is InChI=1S/C14H26N2O3/c1-11(2)16-13(18)7-5-6-12(17)15-10-14(19)8-3-4-9-14/h11,19H,3-10H2,1-2H3,(H,15,17)(H,16,18). The van der Waals surface area contributed by atoms with Crippen LogP contribution in [-0.2, 0) is 9.59 Å². The molecule has 0 radical (unpaired) electrons. The minimum absolute atomic E-state index is 0.0165. The van der Waals surface area contributed by atoms with Crippen LogP contribution < -0.4 is 10.6 Å². The summed E-state index contributed by atoms with van der Waals surface area (Å²) in [6.07, 6.45) is 4.85. The van der Waals surface area contributed by atoms with Crippen LogP contribution in [0.3, 0.4) is 0 Å². The first-order valence-electron chi connectivity index (χ1n) is 7.20. The summed E-state index contributed by atoms with van der Waals surface area (Å²) in [7, 11) is 0. The molecule has 1 aliphatic carbocycles. The van der Waals surface area contributed by atoms with Gasteiger partial charge in [-0.25, -0.2) is 0 Å². The van der Waals surface area contributed by atoms with Crippen LogP contribution in [0.25, 0.3) is 0 Å². The van der Waals surface area contributed by atoms with E-state index in [0.29, 0.717) is 25.8 Å². The number of nitrogens with one attached hydrogen (secondary N) is 2. The number of aliphatic hydroxyl groups is 1. The molecular weight excluding hydrogens is 244 g/mol. The Morgan fingerprint density at radius 2 is 1.74 bits per heavy atom. The van der Waals surface area contributed by atoms with Crippen LogP contribution in [0.2, 0.25) is 0 Å². The third-order valence-electron chi connectivity index (χ3n) is 3.41. The molecule has 0 bridgehead atoms. The van der Waals surface area contributed by atoms with Gasteiger partial charge in [-0.1, -0.05) is 12.8 Å². The van der Waals surface area contributed by atoms with E-state index >= 15 is 0 Å². The number of carbonyl (C=O) groups excluding carboxylic acids is 2. The monoisotopic (exact) mass is 270 g/mol. The summed E-state index contributed by atoms with van der Waals surface area (Å²) in [5.74, 6) is -0.102. The van der Waals surface area contributed by atoms with Crippen molar-refractivity contribution in [2.75, 3.05) is 6.54 Å². The zero-order valence-electron chi connectivity index (χ0n) is 12.0. The Balaban J connectivity index is 2.09. The largest absolute Gasteiger partial charge is 0.388 e. The van der Waals surface area contributed by atoms with Gasteiger partial charge >= 0.3 is 0 Å². The molecule has 0 heterocycles. The summed E-state index contributed by atoms with van der Waals surface area (Å²) in [5, 5.41) is 15.6. The Morgan fingerprint density at radius 3 is 2.32 bits per heavy atom. The lowest BCUT2D eigenvalue weighted by molar-refractivity contribution is -0.123. The number of amides is 2. The smallest absolute Gasteiger partial charge is 0.220 e. The molecule has 0 aliphatic heterocycles. The van der Waals surface area contributed by atoms with Crippen molar-refractivity contribution in [3.05, 3.63) is 0 Å². The molecule has 0 spiro atoms. The highest BCUT2D eigenvalue weighted by atomic mass is 16.3. The molecular formula is C14H26N2O3. The minimum Gasteiger partial charge on any atom is -0.388 e. The van der Waals surface area contributed by atoms with E-state index in [-0.39, 0.29) is 17.9 Å². The highest BCUT2D eigenvalue weighted by molar-refractivity contribution is 5.79. The van der Waals surface area contributed by atoms with Gasteiger partial charge in [-0.05, 0) is 33.1 Å². The molecule has 5 nitrogen and oxygen atoms in total. The molecule has 0 aromatic rings. The van der Waals surface area contributed by atoms with E-state index in [0.717, 1.165) is 25.7 Å². The topological polar surface area (TPSA) is 78.4 Å². The van der Waals surface area contributed by atoms with Crippen LogP contribution in [0.4, 0.5) is 0 Å². The third-order valence-corrected chi connectivity index (χ3v) is 3.41.